The van der Waals surface area contributed by atoms with E-state index in [4.69, 9.17) is 19.6 Å². The first-order valence-electron chi connectivity index (χ1n) is 8.33. The molecule has 0 radical (unpaired) electrons. The summed E-state index contributed by atoms with van der Waals surface area (Å²) in [5, 5.41) is 29.4. The third-order valence-corrected chi connectivity index (χ3v) is 4.16. The summed E-state index contributed by atoms with van der Waals surface area (Å²) in [5.74, 6) is -2.90. The monoisotopic (exact) mass is 390 g/mol. The fraction of sp³-hybridized carbons (Fsp3) is 0.222. The molecular formula is C18H18N2O8. The lowest BCUT2D eigenvalue weighted by molar-refractivity contribution is -0.991. The van der Waals surface area contributed by atoms with Crippen molar-refractivity contribution in [3.05, 3.63) is 74.3 Å². The number of hydrogen-bond acceptors (Lipinski definition) is 9. The minimum absolute atomic E-state index is 0.0381. The predicted molar refractivity (Wildman–Crippen MR) is 93.4 cm³/mol. The number of carbonyl (C=O) groups is 1. The first-order valence-corrected chi connectivity index (χ1v) is 8.33. The Morgan fingerprint density at radius 3 is 2.75 bits per heavy atom. The molecule has 0 saturated heterocycles. The summed E-state index contributed by atoms with van der Waals surface area (Å²) in [5.41, 5.74) is 5.11. The topological polar surface area (TPSA) is 160 Å². The average molecular weight is 390 g/mol. The maximum Gasteiger partial charge on any atom is 0.340 e. The van der Waals surface area contributed by atoms with Gasteiger partial charge in [-0.15, -0.1) is 0 Å². The second-order valence-electron chi connectivity index (χ2n) is 5.85. The summed E-state index contributed by atoms with van der Waals surface area (Å²) in [6.45, 7) is 1.05. The zero-order valence-corrected chi connectivity index (χ0v) is 14.8. The van der Waals surface area contributed by atoms with Crippen LogP contribution in [0.5, 0.6) is 5.75 Å². The fourth-order valence-electron chi connectivity index (χ4n) is 3.02. The van der Waals surface area contributed by atoms with Crippen molar-refractivity contribution in [2.24, 2.45) is 5.73 Å². The molecule has 148 valence electrons. The van der Waals surface area contributed by atoms with E-state index in [0.717, 1.165) is 6.07 Å². The van der Waals surface area contributed by atoms with Crippen molar-refractivity contribution in [1.29, 1.82) is 0 Å². The van der Waals surface area contributed by atoms with Crippen molar-refractivity contribution in [1.82, 2.24) is 0 Å². The number of hydrogen-bond donors (Lipinski definition) is 4. The highest BCUT2D eigenvalue weighted by Crippen LogP contribution is 2.43. The van der Waals surface area contributed by atoms with Gasteiger partial charge in [0.1, 0.15) is 17.9 Å². The van der Waals surface area contributed by atoms with E-state index < -0.39 is 29.1 Å². The average Bonchev–Trinajstić information content (AvgIpc) is 2.67. The molecule has 0 amide bonds. The van der Waals surface area contributed by atoms with Crippen LogP contribution in [0, 0.1) is 5.21 Å². The van der Waals surface area contributed by atoms with E-state index in [9.17, 15) is 25.1 Å². The van der Waals surface area contributed by atoms with Gasteiger partial charge in [-0.25, -0.2) is 10.0 Å². The van der Waals surface area contributed by atoms with Gasteiger partial charge in [-0.05, 0) is 6.92 Å². The molecule has 0 saturated carbocycles. The van der Waals surface area contributed by atoms with Crippen LogP contribution in [0.4, 0.5) is 5.69 Å². The normalized spacial score (nSPS) is 16.9. The lowest BCUT2D eigenvalue weighted by Gasteiger charge is -2.28. The summed E-state index contributed by atoms with van der Waals surface area (Å²) >= 11 is 0. The molecule has 28 heavy (non-hydrogen) atoms. The van der Waals surface area contributed by atoms with Crippen molar-refractivity contribution >= 4 is 11.7 Å². The van der Waals surface area contributed by atoms with Crippen LogP contribution in [0.2, 0.25) is 0 Å². The van der Waals surface area contributed by atoms with Crippen LogP contribution in [-0.4, -0.2) is 22.9 Å². The molecule has 1 aliphatic heterocycles. The number of nitrogens with two attached hydrogens (primary N) is 1. The van der Waals surface area contributed by atoms with Gasteiger partial charge in [0.15, 0.2) is 11.4 Å². The van der Waals surface area contributed by atoms with Crippen LogP contribution in [-0.2, 0) is 16.1 Å². The summed E-state index contributed by atoms with van der Waals surface area (Å²) in [4.78, 5) is 24.9. The number of rotatable bonds is 5. The molecule has 1 unspecified atom stereocenters. The maximum atomic E-state index is 12.6. The summed E-state index contributed by atoms with van der Waals surface area (Å²) in [7, 11) is 0. The van der Waals surface area contributed by atoms with E-state index in [2.05, 4.69) is 0 Å². The van der Waals surface area contributed by atoms with Crippen molar-refractivity contribution in [3.8, 4) is 5.75 Å². The molecule has 3 rings (SSSR count). The molecule has 1 aromatic carbocycles. The molecule has 1 aromatic heterocycles. The van der Waals surface area contributed by atoms with E-state index in [1.807, 2.05) is 0 Å². The van der Waals surface area contributed by atoms with E-state index in [1.165, 1.54) is 18.2 Å². The Kier molecular flexibility index (Phi) is 5.47. The SMILES string of the molecule is CCOC(=O)C1=C(N)Oc2c(oc(CO)cc2=O)[C@@H]1c1ccccc1[NH+]([O-])O. The highest BCUT2D eigenvalue weighted by atomic mass is 16.8. The molecule has 2 aromatic rings. The maximum absolute atomic E-state index is 12.6. The van der Waals surface area contributed by atoms with Crippen LogP contribution in [0.15, 0.2) is 51.0 Å². The Morgan fingerprint density at radius 2 is 2.11 bits per heavy atom. The fourth-order valence-corrected chi connectivity index (χ4v) is 3.02. The number of ether oxygens (including phenoxy) is 2. The third kappa shape index (κ3) is 3.37. The van der Waals surface area contributed by atoms with E-state index in [0.29, 0.717) is 0 Å². The van der Waals surface area contributed by atoms with Crippen LogP contribution < -0.4 is 21.1 Å². The van der Waals surface area contributed by atoms with Gasteiger partial charge >= 0.3 is 5.97 Å². The number of carbonyl (C=O) groups excluding carboxylic acids is 1. The van der Waals surface area contributed by atoms with Gasteiger partial charge in [-0.3, -0.25) is 4.79 Å². The van der Waals surface area contributed by atoms with Crippen LogP contribution >= 0.6 is 0 Å². The number of quaternary nitrogens is 1. The number of esters is 1. The van der Waals surface area contributed by atoms with Gasteiger partial charge in [-0.1, -0.05) is 18.2 Å². The molecule has 1 aliphatic rings. The molecule has 2 atom stereocenters. The van der Waals surface area contributed by atoms with Gasteiger partial charge < -0.3 is 29.9 Å². The summed E-state index contributed by atoms with van der Waals surface area (Å²) in [6, 6.07) is 6.94. The van der Waals surface area contributed by atoms with Crippen molar-refractivity contribution in [2.75, 3.05) is 6.61 Å². The second kappa shape index (κ2) is 7.82. The van der Waals surface area contributed by atoms with Gasteiger partial charge in [-0.2, -0.15) is 5.23 Å². The smallest absolute Gasteiger partial charge is 0.340 e. The Labute approximate surface area is 158 Å². The molecule has 5 N–H and O–H groups in total. The standard InChI is InChI=1S/C18H18N2O8/c1-2-26-18(23)14-13(10-5-3-4-6-11(10)20(24)25)16-15(28-17(14)19)12(22)7-9(8-21)27-16/h3-7,13,20-21,24H,2,8,19H2,1H3/t13-/m1/s1. The highest BCUT2D eigenvalue weighted by Gasteiger charge is 2.41. The molecule has 10 heteroatoms. The predicted octanol–water partition coefficient (Wildman–Crippen LogP) is -0.207. The number of aliphatic hydroxyl groups excluding tert-OH is 1. The summed E-state index contributed by atoms with van der Waals surface area (Å²) in [6.07, 6.45) is 0. The number of nitrogens with one attached hydrogen (secondary N) is 1. The first kappa shape index (κ1) is 19.6. The van der Waals surface area contributed by atoms with Gasteiger partial charge in [0.05, 0.1) is 12.5 Å². The van der Waals surface area contributed by atoms with E-state index >= 15 is 0 Å². The Hall–Kier alpha value is -3.18. The van der Waals surface area contributed by atoms with Gasteiger partial charge in [0.25, 0.3) is 0 Å². The minimum Gasteiger partial charge on any atom is -0.595 e. The van der Waals surface area contributed by atoms with Crippen LogP contribution in [0.25, 0.3) is 0 Å². The van der Waals surface area contributed by atoms with E-state index in [-0.39, 0.29) is 46.6 Å². The Balaban J connectivity index is 2.33. The largest absolute Gasteiger partial charge is 0.595 e. The number of aliphatic hydroxyl groups is 1. The highest BCUT2D eigenvalue weighted by molar-refractivity contribution is 5.92. The van der Waals surface area contributed by atoms with Crippen LogP contribution in [0.1, 0.15) is 29.9 Å². The summed E-state index contributed by atoms with van der Waals surface area (Å²) < 4.78 is 15.9. The van der Waals surface area contributed by atoms with Gasteiger partial charge in [0.2, 0.25) is 17.1 Å². The van der Waals surface area contributed by atoms with Crippen molar-refractivity contribution < 1.29 is 34.2 Å². The quantitative estimate of drug-likeness (QED) is 0.400. The molecule has 0 bridgehead atoms. The molecular weight excluding hydrogens is 372 g/mol. The first-order chi connectivity index (χ1) is 13.4. The Bertz CT molecular complexity index is 995. The van der Waals surface area contributed by atoms with Crippen molar-refractivity contribution in [2.45, 2.75) is 19.4 Å². The van der Waals surface area contributed by atoms with Crippen LogP contribution in [0.3, 0.4) is 0 Å². The van der Waals surface area contributed by atoms with Crippen molar-refractivity contribution in [3.63, 3.8) is 0 Å². The lowest BCUT2D eigenvalue weighted by atomic mass is 9.85. The second-order valence-corrected chi connectivity index (χ2v) is 5.85. The number of para-hydroxylation sites is 1. The molecule has 0 fully saturated rings. The zero-order valence-electron chi connectivity index (χ0n) is 14.8. The lowest BCUT2D eigenvalue weighted by Crippen LogP contribution is -2.99. The minimum atomic E-state index is -1.24. The third-order valence-electron chi connectivity index (χ3n) is 4.16. The zero-order chi connectivity index (χ0) is 20.4. The molecule has 0 spiro atoms. The van der Waals surface area contributed by atoms with Gasteiger partial charge in [0, 0.05) is 17.7 Å². The number of benzene rings is 1. The molecule has 0 aliphatic carbocycles. The van der Waals surface area contributed by atoms with E-state index in [1.54, 1.807) is 13.0 Å². The number of fused-ring (bicyclic) bond motifs is 1. The molecule has 2 heterocycles. The molecule has 10 nitrogen and oxygen atoms in total. The Morgan fingerprint density at radius 1 is 1.39 bits per heavy atom.